The molecule has 1 aliphatic rings. The summed E-state index contributed by atoms with van der Waals surface area (Å²) >= 11 is 0. The van der Waals surface area contributed by atoms with E-state index < -0.39 is 11.0 Å². The number of benzene rings is 2. The van der Waals surface area contributed by atoms with Gasteiger partial charge in [-0.2, -0.15) is 0 Å². The first-order valence-corrected chi connectivity index (χ1v) is 14.0. The summed E-state index contributed by atoms with van der Waals surface area (Å²) in [4.78, 5) is 22.2. The number of aromatic nitrogens is 1. The second-order valence-corrected chi connectivity index (χ2v) is 11.1. The zero-order valence-corrected chi connectivity index (χ0v) is 23.7. The molecule has 1 unspecified atom stereocenters. The number of ether oxygens (including phenoxy) is 1. The first-order chi connectivity index (χ1) is 18.3. The third kappa shape index (κ3) is 6.34. The minimum absolute atomic E-state index is 0.105. The van der Waals surface area contributed by atoms with Crippen LogP contribution in [0.4, 0.5) is 17.1 Å². The molecule has 4 rings (SSSR count). The van der Waals surface area contributed by atoms with Crippen LogP contribution in [-0.4, -0.2) is 66.3 Å². The summed E-state index contributed by atoms with van der Waals surface area (Å²) in [7, 11) is 2.05. The summed E-state index contributed by atoms with van der Waals surface area (Å²) in [5, 5.41) is 2.97. The molecule has 9 heteroatoms. The number of nitrogens with zero attached hydrogens (tertiary/aromatic N) is 4. The highest BCUT2D eigenvalue weighted by Gasteiger charge is 2.20. The third-order valence-electron chi connectivity index (χ3n) is 7.13. The molecular formula is C29H37N5O3S. The molecule has 1 atom stereocenters. The van der Waals surface area contributed by atoms with E-state index in [0.717, 1.165) is 64.9 Å². The highest BCUT2D eigenvalue weighted by Crippen LogP contribution is 2.30. The van der Waals surface area contributed by atoms with Gasteiger partial charge in [0.2, 0.25) is 5.91 Å². The van der Waals surface area contributed by atoms with Crippen molar-refractivity contribution in [1.82, 2.24) is 9.29 Å². The number of hydrogen-bond donors (Lipinski definition) is 1. The molecule has 0 aliphatic carbocycles. The molecule has 1 aromatic heterocycles. The average Bonchev–Trinajstić information content (AvgIpc) is 2.94. The number of pyridine rings is 1. The first kappa shape index (κ1) is 27.6. The SMILES string of the molecule is COc1cc(C)c(S(=O)N(C)CCC(=O)Nc2ccc(N3CCN(c4ccncc4)CC3)cc2)c(C)c1C. The maximum atomic E-state index is 13.3. The van der Waals surface area contributed by atoms with Gasteiger partial charge in [-0.1, -0.05) is 0 Å². The van der Waals surface area contributed by atoms with Gasteiger partial charge in [-0.05, 0) is 79.9 Å². The van der Waals surface area contributed by atoms with Gasteiger partial charge >= 0.3 is 0 Å². The molecule has 1 aliphatic heterocycles. The summed E-state index contributed by atoms with van der Waals surface area (Å²) < 4.78 is 20.4. The average molecular weight is 536 g/mol. The fourth-order valence-corrected chi connectivity index (χ4v) is 6.07. The highest BCUT2D eigenvalue weighted by molar-refractivity contribution is 7.82. The lowest BCUT2D eigenvalue weighted by molar-refractivity contribution is -0.116. The summed E-state index contributed by atoms with van der Waals surface area (Å²) in [5.41, 5.74) is 5.96. The number of aryl methyl sites for hydroxylation is 1. The largest absolute Gasteiger partial charge is 0.496 e. The third-order valence-corrected chi connectivity index (χ3v) is 8.86. The van der Waals surface area contributed by atoms with Crippen LogP contribution in [0.2, 0.25) is 0 Å². The Bertz CT molecular complexity index is 1280. The van der Waals surface area contributed by atoms with Crippen molar-refractivity contribution in [2.24, 2.45) is 0 Å². The number of carbonyl (C=O) groups excluding carboxylic acids is 1. The van der Waals surface area contributed by atoms with E-state index in [9.17, 15) is 9.00 Å². The van der Waals surface area contributed by atoms with Crippen molar-refractivity contribution in [2.75, 3.05) is 62.0 Å². The Hall–Kier alpha value is -3.43. The van der Waals surface area contributed by atoms with E-state index in [0.29, 0.717) is 6.54 Å². The van der Waals surface area contributed by atoms with Gasteiger partial charge < -0.3 is 19.9 Å². The summed E-state index contributed by atoms with van der Waals surface area (Å²) in [5.74, 6) is 0.688. The fourth-order valence-electron chi connectivity index (χ4n) is 4.76. The van der Waals surface area contributed by atoms with Crippen LogP contribution >= 0.6 is 0 Å². The molecule has 1 fully saturated rings. The summed E-state index contributed by atoms with van der Waals surface area (Å²) in [6.45, 7) is 10.0. The zero-order chi connectivity index (χ0) is 27.2. The van der Waals surface area contributed by atoms with Gasteiger partial charge in [0, 0.05) is 75.6 Å². The zero-order valence-electron chi connectivity index (χ0n) is 22.9. The molecule has 1 amide bonds. The molecule has 1 N–H and O–H groups in total. The number of hydrogen-bond acceptors (Lipinski definition) is 6. The molecule has 0 radical (unpaired) electrons. The molecule has 8 nitrogen and oxygen atoms in total. The van der Waals surface area contributed by atoms with Gasteiger partial charge in [0.1, 0.15) is 16.7 Å². The van der Waals surface area contributed by atoms with Gasteiger partial charge in [-0.3, -0.25) is 9.78 Å². The fraction of sp³-hybridized carbons (Fsp3) is 0.379. The van der Waals surface area contributed by atoms with Crippen LogP contribution in [0.15, 0.2) is 59.8 Å². The second kappa shape index (κ2) is 12.4. The Morgan fingerprint density at radius 1 is 0.974 bits per heavy atom. The Morgan fingerprint density at radius 2 is 1.55 bits per heavy atom. The molecule has 202 valence electrons. The first-order valence-electron chi connectivity index (χ1n) is 12.9. The Kier molecular flexibility index (Phi) is 9.01. The molecule has 1 saturated heterocycles. The molecule has 2 heterocycles. The maximum absolute atomic E-state index is 13.3. The number of amides is 1. The number of nitrogens with one attached hydrogen (secondary N) is 1. The molecular weight excluding hydrogens is 498 g/mol. The Morgan fingerprint density at radius 3 is 2.13 bits per heavy atom. The molecule has 3 aromatic rings. The van der Waals surface area contributed by atoms with Crippen molar-refractivity contribution >= 4 is 34.0 Å². The Balaban J connectivity index is 1.27. The lowest BCUT2D eigenvalue weighted by atomic mass is 10.1. The topological polar surface area (TPSA) is 78.0 Å². The van der Waals surface area contributed by atoms with Crippen molar-refractivity contribution in [2.45, 2.75) is 32.1 Å². The maximum Gasteiger partial charge on any atom is 0.225 e. The highest BCUT2D eigenvalue weighted by atomic mass is 32.2. The van der Waals surface area contributed by atoms with Crippen LogP contribution in [0.1, 0.15) is 23.1 Å². The normalized spacial score (nSPS) is 14.5. The van der Waals surface area contributed by atoms with E-state index in [2.05, 4.69) is 32.2 Å². The van der Waals surface area contributed by atoms with E-state index in [1.54, 1.807) is 18.5 Å². The molecule has 0 bridgehead atoms. The van der Waals surface area contributed by atoms with Gasteiger partial charge in [-0.25, -0.2) is 8.51 Å². The summed E-state index contributed by atoms with van der Waals surface area (Å²) in [6, 6.07) is 14.0. The number of anilines is 3. The van der Waals surface area contributed by atoms with Crippen LogP contribution in [0.25, 0.3) is 0 Å². The molecule has 38 heavy (non-hydrogen) atoms. The van der Waals surface area contributed by atoms with Crippen LogP contribution in [-0.2, 0) is 15.8 Å². The minimum Gasteiger partial charge on any atom is -0.496 e. The number of methoxy groups -OCH3 is 1. The van der Waals surface area contributed by atoms with E-state index >= 15 is 0 Å². The monoisotopic (exact) mass is 535 g/mol. The van der Waals surface area contributed by atoms with E-state index in [1.807, 2.05) is 63.5 Å². The van der Waals surface area contributed by atoms with Crippen LogP contribution < -0.4 is 19.9 Å². The molecule has 0 spiro atoms. The minimum atomic E-state index is -1.37. The second-order valence-electron chi connectivity index (χ2n) is 9.60. The van der Waals surface area contributed by atoms with Gasteiger partial charge in [0.25, 0.3) is 0 Å². The smallest absolute Gasteiger partial charge is 0.225 e. The predicted octanol–water partition coefficient (Wildman–Crippen LogP) is 4.33. The van der Waals surface area contributed by atoms with Crippen molar-refractivity contribution in [1.29, 1.82) is 0 Å². The summed E-state index contributed by atoms with van der Waals surface area (Å²) in [6.07, 6.45) is 3.90. The molecule has 0 saturated carbocycles. The lowest BCUT2D eigenvalue weighted by Gasteiger charge is -2.37. The Labute approximate surface area is 228 Å². The van der Waals surface area contributed by atoms with Crippen molar-refractivity contribution < 1.29 is 13.7 Å². The standard InChI is InChI=1S/C29H37N5O3S/c1-21-20-27(37-5)22(2)23(3)29(21)38(36)32(4)15-12-28(35)31-24-6-8-25(9-7-24)33-16-18-34(19-17-33)26-10-13-30-14-11-26/h6-11,13-14,20H,12,15-19H2,1-5H3,(H,31,35). The number of piperazine rings is 1. The van der Waals surface area contributed by atoms with E-state index in [4.69, 9.17) is 4.74 Å². The molecule has 2 aromatic carbocycles. The van der Waals surface area contributed by atoms with Gasteiger partial charge in [0.15, 0.2) is 0 Å². The van der Waals surface area contributed by atoms with Crippen LogP contribution in [0.3, 0.4) is 0 Å². The van der Waals surface area contributed by atoms with E-state index in [1.165, 1.54) is 5.69 Å². The number of rotatable bonds is 9. The van der Waals surface area contributed by atoms with Crippen molar-refractivity contribution in [3.05, 3.63) is 71.5 Å². The van der Waals surface area contributed by atoms with Gasteiger partial charge in [0.05, 0.1) is 12.0 Å². The van der Waals surface area contributed by atoms with Crippen molar-refractivity contribution in [3.63, 3.8) is 0 Å². The van der Waals surface area contributed by atoms with Gasteiger partial charge in [-0.15, -0.1) is 0 Å². The number of carbonyl (C=O) groups is 1. The van der Waals surface area contributed by atoms with E-state index in [-0.39, 0.29) is 12.3 Å². The quantitative estimate of drug-likeness (QED) is 0.440. The van der Waals surface area contributed by atoms with Crippen LogP contribution in [0.5, 0.6) is 5.75 Å². The lowest BCUT2D eigenvalue weighted by Crippen LogP contribution is -2.46. The van der Waals surface area contributed by atoms with Crippen LogP contribution in [0, 0.1) is 20.8 Å². The van der Waals surface area contributed by atoms with Crippen molar-refractivity contribution in [3.8, 4) is 5.75 Å². The predicted molar refractivity (Wildman–Crippen MR) is 155 cm³/mol.